The van der Waals surface area contributed by atoms with Gasteiger partial charge in [-0.25, -0.2) is 9.78 Å². The first kappa shape index (κ1) is 10.1. The summed E-state index contributed by atoms with van der Waals surface area (Å²) in [6.45, 7) is 0. The van der Waals surface area contributed by atoms with Crippen molar-refractivity contribution in [3.63, 3.8) is 0 Å². The molecule has 5 heteroatoms. The van der Waals surface area contributed by atoms with Crippen molar-refractivity contribution in [1.29, 1.82) is 0 Å². The van der Waals surface area contributed by atoms with Crippen molar-refractivity contribution in [3.8, 4) is 0 Å². The highest BCUT2D eigenvalue weighted by Gasteiger charge is 2.21. The van der Waals surface area contributed by atoms with Crippen molar-refractivity contribution in [2.24, 2.45) is 0 Å². The Bertz CT molecular complexity index is 580. The maximum absolute atomic E-state index is 11.9. The summed E-state index contributed by atoms with van der Waals surface area (Å²) in [5.74, 6) is 0. The molecule has 1 saturated carbocycles. The Morgan fingerprint density at radius 1 is 1.44 bits per heavy atom. The van der Waals surface area contributed by atoms with Crippen LogP contribution < -0.4 is 5.69 Å². The zero-order chi connectivity index (χ0) is 11.1. The van der Waals surface area contributed by atoms with Crippen LogP contribution in [0.4, 0.5) is 0 Å². The molecule has 0 aliphatic heterocycles. The lowest BCUT2D eigenvalue weighted by molar-refractivity contribution is 0.518. The number of rotatable bonds is 1. The van der Waals surface area contributed by atoms with Crippen LogP contribution in [0.1, 0.15) is 31.7 Å². The Kier molecular flexibility index (Phi) is 2.35. The average Bonchev–Trinajstić information content (AvgIpc) is 2.83. The molecule has 0 aromatic carbocycles. The lowest BCUT2D eigenvalue weighted by Gasteiger charge is -2.10. The van der Waals surface area contributed by atoms with Crippen molar-refractivity contribution in [1.82, 2.24) is 14.5 Å². The van der Waals surface area contributed by atoms with E-state index in [1.54, 1.807) is 6.20 Å². The normalized spacial score (nSPS) is 17.3. The summed E-state index contributed by atoms with van der Waals surface area (Å²) in [6.07, 6.45) is 6.33. The second-order valence-electron chi connectivity index (χ2n) is 4.26. The van der Waals surface area contributed by atoms with E-state index in [-0.39, 0.29) is 5.69 Å². The lowest BCUT2D eigenvalue weighted by Crippen LogP contribution is -2.20. The van der Waals surface area contributed by atoms with Gasteiger partial charge in [0.1, 0.15) is 0 Å². The van der Waals surface area contributed by atoms with Gasteiger partial charge in [0.15, 0.2) is 5.65 Å². The number of hydrogen-bond acceptors (Lipinski definition) is 2. The first-order valence-electron chi connectivity index (χ1n) is 5.51. The van der Waals surface area contributed by atoms with E-state index in [0.717, 1.165) is 22.8 Å². The van der Waals surface area contributed by atoms with Gasteiger partial charge in [-0.3, -0.25) is 9.55 Å². The van der Waals surface area contributed by atoms with Crippen molar-refractivity contribution >= 4 is 27.1 Å². The predicted octanol–water partition coefficient (Wildman–Crippen LogP) is 2.60. The SMILES string of the molecule is O=c1[nH]c2ncc(Br)cc2n1C1CCCC1. The van der Waals surface area contributed by atoms with E-state index in [1.807, 2.05) is 10.6 Å². The van der Waals surface area contributed by atoms with Gasteiger partial charge in [0, 0.05) is 16.7 Å². The van der Waals surface area contributed by atoms with Gasteiger partial charge in [-0.15, -0.1) is 0 Å². The van der Waals surface area contributed by atoms with E-state index >= 15 is 0 Å². The fourth-order valence-electron chi connectivity index (χ4n) is 2.50. The predicted molar refractivity (Wildman–Crippen MR) is 65.6 cm³/mol. The number of hydrogen-bond donors (Lipinski definition) is 1. The standard InChI is InChI=1S/C11H12BrN3O/c12-7-5-9-10(13-6-7)14-11(16)15(9)8-3-1-2-4-8/h5-6,8H,1-4H2,(H,13,14,16). The minimum absolute atomic E-state index is 0.0347. The Balaban J connectivity index is 2.25. The van der Waals surface area contributed by atoms with E-state index in [1.165, 1.54) is 12.8 Å². The molecular weight excluding hydrogens is 270 g/mol. The molecule has 2 aromatic heterocycles. The topological polar surface area (TPSA) is 50.7 Å². The lowest BCUT2D eigenvalue weighted by atomic mass is 10.2. The molecule has 0 spiro atoms. The molecule has 1 N–H and O–H groups in total. The molecule has 0 bridgehead atoms. The third-order valence-electron chi connectivity index (χ3n) is 3.23. The van der Waals surface area contributed by atoms with Gasteiger partial charge in [-0.2, -0.15) is 0 Å². The molecule has 84 valence electrons. The van der Waals surface area contributed by atoms with Crippen LogP contribution in [0.15, 0.2) is 21.5 Å². The Labute approximate surface area is 101 Å². The van der Waals surface area contributed by atoms with Gasteiger partial charge in [0.2, 0.25) is 0 Å². The molecule has 4 nitrogen and oxygen atoms in total. The molecule has 3 rings (SSSR count). The van der Waals surface area contributed by atoms with Crippen LogP contribution in [0, 0.1) is 0 Å². The number of aromatic amines is 1. The molecule has 0 atom stereocenters. The van der Waals surface area contributed by atoms with Crippen LogP contribution in [0.5, 0.6) is 0 Å². The maximum atomic E-state index is 11.9. The zero-order valence-electron chi connectivity index (χ0n) is 8.74. The minimum atomic E-state index is -0.0347. The summed E-state index contributed by atoms with van der Waals surface area (Å²) < 4.78 is 2.77. The number of aromatic nitrogens is 3. The summed E-state index contributed by atoms with van der Waals surface area (Å²) in [4.78, 5) is 18.9. The number of fused-ring (bicyclic) bond motifs is 1. The third kappa shape index (κ3) is 1.50. The smallest absolute Gasteiger partial charge is 0.290 e. The summed E-state index contributed by atoms with van der Waals surface area (Å²) in [5, 5.41) is 0. The number of pyridine rings is 1. The molecular formula is C11H12BrN3O. The van der Waals surface area contributed by atoms with Gasteiger partial charge in [-0.05, 0) is 34.8 Å². The highest BCUT2D eigenvalue weighted by molar-refractivity contribution is 9.10. The van der Waals surface area contributed by atoms with Crippen LogP contribution >= 0.6 is 15.9 Å². The quantitative estimate of drug-likeness (QED) is 0.874. The summed E-state index contributed by atoms with van der Waals surface area (Å²) in [6, 6.07) is 2.30. The number of imidazole rings is 1. The van der Waals surface area contributed by atoms with E-state index in [2.05, 4.69) is 25.9 Å². The third-order valence-corrected chi connectivity index (χ3v) is 3.66. The molecule has 1 aliphatic carbocycles. The van der Waals surface area contributed by atoms with Crippen LogP contribution in [0.2, 0.25) is 0 Å². The Hall–Kier alpha value is -1.10. The van der Waals surface area contributed by atoms with Crippen LogP contribution in [0.3, 0.4) is 0 Å². The van der Waals surface area contributed by atoms with Gasteiger partial charge in [-0.1, -0.05) is 12.8 Å². The number of nitrogens with one attached hydrogen (secondary N) is 1. The van der Waals surface area contributed by atoms with E-state index < -0.39 is 0 Å². The molecule has 0 amide bonds. The average molecular weight is 282 g/mol. The summed E-state index contributed by atoms with van der Waals surface area (Å²) in [7, 11) is 0. The molecule has 0 saturated heterocycles. The molecule has 0 unspecified atom stereocenters. The number of halogens is 1. The van der Waals surface area contributed by atoms with Crippen molar-refractivity contribution < 1.29 is 0 Å². The van der Waals surface area contributed by atoms with E-state index in [9.17, 15) is 4.79 Å². The maximum Gasteiger partial charge on any atom is 0.327 e. The van der Waals surface area contributed by atoms with Crippen molar-refractivity contribution in [2.75, 3.05) is 0 Å². The highest BCUT2D eigenvalue weighted by atomic mass is 79.9. The van der Waals surface area contributed by atoms with Gasteiger partial charge in [0.05, 0.1) is 5.52 Å². The Morgan fingerprint density at radius 2 is 2.19 bits per heavy atom. The molecule has 1 fully saturated rings. The highest BCUT2D eigenvalue weighted by Crippen LogP contribution is 2.30. The monoisotopic (exact) mass is 281 g/mol. The van der Waals surface area contributed by atoms with Crippen LogP contribution in [-0.4, -0.2) is 14.5 Å². The van der Waals surface area contributed by atoms with Gasteiger partial charge in [0.25, 0.3) is 0 Å². The van der Waals surface area contributed by atoms with E-state index in [4.69, 9.17) is 0 Å². The van der Waals surface area contributed by atoms with Gasteiger partial charge >= 0.3 is 5.69 Å². The molecule has 0 radical (unpaired) electrons. The van der Waals surface area contributed by atoms with E-state index in [0.29, 0.717) is 11.7 Å². The second kappa shape index (κ2) is 3.73. The molecule has 1 aliphatic rings. The van der Waals surface area contributed by atoms with Gasteiger partial charge < -0.3 is 0 Å². The first-order valence-corrected chi connectivity index (χ1v) is 6.31. The minimum Gasteiger partial charge on any atom is -0.290 e. The number of nitrogens with zero attached hydrogens (tertiary/aromatic N) is 2. The Morgan fingerprint density at radius 3 is 2.94 bits per heavy atom. The van der Waals surface area contributed by atoms with Crippen molar-refractivity contribution in [3.05, 3.63) is 27.2 Å². The summed E-state index contributed by atoms with van der Waals surface area (Å²) in [5.41, 5.74) is 1.55. The van der Waals surface area contributed by atoms with Crippen LogP contribution in [-0.2, 0) is 0 Å². The molecule has 2 heterocycles. The van der Waals surface area contributed by atoms with Crippen molar-refractivity contribution in [2.45, 2.75) is 31.7 Å². The largest absolute Gasteiger partial charge is 0.327 e. The zero-order valence-corrected chi connectivity index (χ0v) is 10.3. The molecule has 16 heavy (non-hydrogen) atoms. The number of H-pyrrole nitrogens is 1. The second-order valence-corrected chi connectivity index (χ2v) is 5.18. The first-order chi connectivity index (χ1) is 7.75. The fraction of sp³-hybridized carbons (Fsp3) is 0.455. The molecule has 2 aromatic rings. The fourth-order valence-corrected chi connectivity index (χ4v) is 2.82. The van der Waals surface area contributed by atoms with Crippen LogP contribution in [0.25, 0.3) is 11.2 Å². The summed E-state index contributed by atoms with van der Waals surface area (Å²) >= 11 is 3.39.